The Balaban J connectivity index is 0.000000485. The smallest absolute Gasteiger partial charge is 0.429 e. The van der Waals surface area contributed by atoms with E-state index in [2.05, 4.69) is 84.9 Å². The average Bonchev–Trinajstić information content (AvgIpc) is 2.62. The third-order valence-corrected chi connectivity index (χ3v) is 3.85. The van der Waals surface area contributed by atoms with Crippen LogP contribution in [0.15, 0.2) is 84.9 Å². The zero-order valence-electron chi connectivity index (χ0n) is 12.6. The highest BCUT2D eigenvalue weighted by Gasteiger charge is 2.07. The second kappa shape index (κ2) is 7.10. The molecule has 4 aromatic rings. The van der Waals surface area contributed by atoms with E-state index < -0.39 is 0 Å². The standard InChI is InChI=1S/C20H14.BH2O2/c1-2-8-15(9-3-1)20-14-16-10-4-5-11-17(16)18-12-6-7-13-19(18)20;2-1-3/h1-14H;2-3H. The topological polar surface area (TPSA) is 40.5 Å². The maximum atomic E-state index is 7.00. The van der Waals surface area contributed by atoms with Gasteiger partial charge in [0.2, 0.25) is 0 Å². The van der Waals surface area contributed by atoms with Gasteiger partial charge in [0.15, 0.2) is 0 Å². The third kappa shape index (κ3) is 3.11. The largest absolute Gasteiger partial charge is 0.482 e. The summed E-state index contributed by atoms with van der Waals surface area (Å²) in [5, 5.41) is 19.3. The zero-order valence-corrected chi connectivity index (χ0v) is 12.6. The van der Waals surface area contributed by atoms with E-state index in [0.29, 0.717) is 0 Å². The van der Waals surface area contributed by atoms with E-state index in [9.17, 15) is 0 Å². The van der Waals surface area contributed by atoms with Crippen molar-refractivity contribution >= 4 is 29.2 Å². The second-order valence-electron chi connectivity index (χ2n) is 5.17. The van der Waals surface area contributed by atoms with Crippen LogP contribution in [0.2, 0.25) is 0 Å². The van der Waals surface area contributed by atoms with E-state index in [1.165, 1.54) is 32.7 Å². The van der Waals surface area contributed by atoms with Crippen LogP contribution in [0.4, 0.5) is 0 Å². The highest BCUT2D eigenvalue weighted by atomic mass is 16.4. The molecule has 4 rings (SSSR count). The fraction of sp³-hybridized carbons (Fsp3) is 0. The summed E-state index contributed by atoms with van der Waals surface area (Å²) in [5.41, 5.74) is 2.58. The quantitative estimate of drug-likeness (QED) is 0.409. The van der Waals surface area contributed by atoms with Crippen LogP contribution in [0.1, 0.15) is 0 Å². The first-order chi connectivity index (χ1) is 11.3. The number of fused-ring (bicyclic) bond motifs is 3. The van der Waals surface area contributed by atoms with E-state index in [4.69, 9.17) is 10.0 Å². The van der Waals surface area contributed by atoms with Crippen molar-refractivity contribution < 1.29 is 10.0 Å². The van der Waals surface area contributed by atoms with E-state index >= 15 is 0 Å². The molecule has 0 atom stereocenters. The molecule has 0 aliphatic carbocycles. The van der Waals surface area contributed by atoms with E-state index in [1.807, 2.05) is 0 Å². The summed E-state index contributed by atoms with van der Waals surface area (Å²) in [4.78, 5) is 0. The fourth-order valence-electron chi connectivity index (χ4n) is 2.91. The van der Waals surface area contributed by atoms with Crippen LogP contribution < -0.4 is 0 Å². The molecule has 2 N–H and O–H groups in total. The van der Waals surface area contributed by atoms with E-state index in [1.54, 1.807) is 0 Å². The van der Waals surface area contributed by atoms with Crippen molar-refractivity contribution in [3.8, 4) is 11.1 Å². The molecular weight excluding hydrogens is 283 g/mol. The van der Waals surface area contributed by atoms with Crippen molar-refractivity contribution in [2.75, 3.05) is 0 Å². The summed E-state index contributed by atoms with van der Waals surface area (Å²) in [6.45, 7) is 0. The van der Waals surface area contributed by atoms with Crippen LogP contribution in [0.5, 0.6) is 0 Å². The maximum Gasteiger partial charge on any atom is 0.482 e. The van der Waals surface area contributed by atoms with Crippen LogP contribution in [-0.2, 0) is 0 Å². The lowest BCUT2D eigenvalue weighted by Gasteiger charge is -2.10. The Morgan fingerprint density at radius 3 is 1.78 bits per heavy atom. The molecular formula is C20H16BO2. The van der Waals surface area contributed by atoms with Crippen LogP contribution in [0.25, 0.3) is 32.7 Å². The molecule has 0 amide bonds. The van der Waals surface area contributed by atoms with Gasteiger partial charge in [-0.25, -0.2) is 0 Å². The Labute approximate surface area is 136 Å². The minimum absolute atomic E-state index is 0. The highest BCUT2D eigenvalue weighted by Crippen LogP contribution is 2.34. The van der Waals surface area contributed by atoms with Gasteiger partial charge < -0.3 is 10.0 Å². The van der Waals surface area contributed by atoms with Crippen molar-refractivity contribution in [1.29, 1.82) is 0 Å². The molecule has 3 heteroatoms. The fourth-order valence-corrected chi connectivity index (χ4v) is 2.91. The van der Waals surface area contributed by atoms with Crippen molar-refractivity contribution in [2.24, 2.45) is 0 Å². The van der Waals surface area contributed by atoms with Crippen LogP contribution >= 0.6 is 0 Å². The summed E-state index contributed by atoms with van der Waals surface area (Å²) in [5.74, 6) is 0. The van der Waals surface area contributed by atoms with Crippen molar-refractivity contribution in [2.45, 2.75) is 0 Å². The molecule has 0 aliphatic heterocycles. The lowest BCUT2D eigenvalue weighted by atomic mass is 9.93. The summed E-state index contributed by atoms with van der Waals surface area (Å²) in [6, 6.07) is 30.2. The van der Waals surface area contributed by atoms with Gasteiger partial charge in [-0.2, -0.15) is 0 Å². The van der Waals surface area contributed by atoms with E-state index in [0.717, 1.165) is 0 Å². The molecule has 1 radical (unpaired) electrons. The number of hydrogen-bond acceptors (Lipinski definition) is 2. The molecule has 2 nitrogen and oxygen atoms in total. The molecule has 111 valence electrons. The van der Waals surface area contributed by atoms with Gasteiger partial charge in [-0.05, 0) is 38.7 Å². The van der Waals surface area contributed by atoms with Gasteiger partial charge in [-0.15, -0.1) is 0 Å². The van der Waals surface area contributed by atoms with Crippen LogP contribution in [-0.4, -0.2) is 17.7 Å². The maximum absolute atomic E-state index is 7.00. The minimum atomic E-state index is 0. The van der Waals surface area contributed by atoms with Crippen LogP contribution in [0, 0.1) is 0 Å². The third-order valence-electron chi connectivity index (χ3n) is 3.85. The SMILES string of the molecule is O[B]O.c1ccc(-c2cc3ccccc3c3ccccc23)cc1. The summed E-state index contributed by atoms with van der Waals surface area (Å²) in [7, 11) is 0. The zero-order chi connectivity index (χ0) is 16.1. The Hall–Kier alpha value is -2.62. The molecule has 0 unspecified atom stereocenters. The normalized spacial score (nSPS) is 10.2. The summed E-state index contributed by atoms with van der Waals surface area (Å²) >= 11 is 0. The first-order valence-electron chi connectivity index (χ1n) is 7.41. The molecule has 0 saturated carbocycles. The predicted molar refractivity (Wildman–Crippen MR) is 97.1 cm³/mol. The van der Waals surface area contributed by atoms with Crippen LogP contribution in [0.3, 0.4) is 0 Å². The minimum Gasteiger partial charge on any atom is -0.429 e. The lowest BCUT2D eigenvalue weighted by Crippen LogP contribution is -1.83. The summed E-state index contributed by atoms with van der Waals surface area (Å²) in [6.07, 6.45) is 0. The Bertz CT molecular complexity index is 920. The molecule has 0 bridgehead atoms. The van der Waals surface area contributed by atoms with Gasteiger partial charge >= 0.3 is 7.69 Å². The average molecular weight is 299 g/mol. The van der Waals surface area contributed by atoms with Crippen molar-refractivity contribution in [1.82, 2.24) is 0 Å². The van der Waals surface area contributed by atoms with Gasteiger partial charge in [0.1, 0.15) is 0 Å². The molecule has 0 saturated heterocycles. The lowest BCUT2D eigenvalue weighted by molar-refractivity contribution is 0.448. The molecule has 0 fully saturated rings. The summed E-state index contributed by atoms with van der Waals surface area (Å²) < 4.78 is 0. The van der Waals surface area contributed by atoms with Gasteiger partial charge in [0.05, 0.1) is 0 Å². The molecule has 0 aromatic heterocycles. The predicted octanol–water partition coefficient (Wildman–Crippen LogP) is 4.17. The first kappa shape index (κ1) is 15.3. The first-order valence-corrected chi connectivity index (χ1v) is 7.41. The van der Waals surface area contributed by atoms with Crippen molar-refractivity contribution in [3.63, 3.8) is 0 Å². The Morgan fingerprint density at radius 2 is 1.09 bits per heavy atom. The molecule has 0 aliphatic rings. The molecule has 23 heavy (non-hydrogen) atoms. The molecule has 0 heterocycles. The molecule has 0 spiro atoms. The van der Waals surface area contributed by atoms with Gasteiger partial charge in [-0.1, -0.05) is 78.9 Å². The monoisotopic (exact) mass is 299 g/mol. The van der Waals surface area contributed by atoms with Gasteiger partial charge in [0.25, 0.3) is 0 Å². The number of rotatable bonds is 1. The van der Waals surface area contributed by atoms with Gasteiger partial charge in [0, 0.05) is 0 Å². The second-order valence-corrected chi connectivity index (χ2v) is 5.17. The number of hydrogen-bond donors (Lipinski definition) is 2. The highest BCUT2D eigenvalue weighted by molar-refractivity contribution is 6.14. The number of benzene rings is 4. The Kier molecular flexibility index (Phi) is 4.72. The Morgan fingerprint density at radius 1 is 0.565 bits per heavy atom. The van der Waals surface area contributed by atoms with Gasteiger partial charge in [-0.3, -0.25) is 0 Å². The van der Waals surface area contributed by atoms with E-state index in [-0.39, 0.29) is 7.69 Å². The molecule has 4 aromatic carbocycles. The van der Waals surface area contributed by atoms with Crippen molar-refractivity contribution in [3.05, 3.63) is 84.9 Å².